The van der Waals surface area contributed by atoms with Crippen molar-refractivity contribution in [1.29, 1.82) is 0 Å². The van der Waals surface area contributed by atoms with E-state index in [0.717, 1.165) is 26.2 Å². The Morgan fingerprint density at radius 2 is 1.44 bits per heavy atom. The lowest BCUT2D eigenvalue weighted by Crippen LogP contribution is -2.48. The molecule has 0 spiro atoms. The maximum Gasteiger partial charge on any atom is 0.238 e. The highest BCUT2D eigenvalue weighted by Crippen LogP contribution is 2.29. The quantitative estimate of drug-likeness (QED) is 0.509. The van der Waals surface area contributed by atoms with Crippen molar-refractivity contribution in [3.8, 4) is 0 Å². The lowest BCUT2D eigenvalue weighted by atomic mass is 9.84. The SMILES string of the molecule is Cc1cccc(N2CCN(CC(=O)Nc3ccc4c(c3)C(=O)c3ccccc3C4=O)CC2)c1C. The third-order valence-electron chi connectivity index (χ3n) is 6.87. The van der Waals surface area contributed by atoms with E-state index < -0.39 is 0 Å². The summed E-state index contributed by atoms with van der Waals surface area (Å²) in [6, 6.07) is 18.2. The molecule has 2 aliphatic rings. The van der Waals surface area contributed by atoms with Crippen LogP contribution >= 0.6 is 0 Å². The van der Waals surface area contributed by atoms with Gasteiger partial charge in [0.2, 0.25) is 5.91 Å². The first-order chi connectivity index (χ1) is 16.4. The number of rotatable bonds is 4. The Balaban J connectivity index is 1.22. The number of ketones is 2. The van der Waals surface area contributed by atoms with Gasteiger partial charge in [-0.05, 0) is 49.2 Å². The third kappa shape index (κ3) is 4.01. The number of anilines is 2. The molecule has 6 nitrogen and oxygen atoms in total. The van der Waals surface area contributed by atoms with Crippen molar-refractivity contribution in [3.05, 3.63) is 94.0 Å². The van der Waals surface area contributed by atoms with Crippen LogP contribution < -0.4 is 10.2 Å². The number of hydrogen-bond donors (Lipinski definition) is 1. The zero-order chi connectivity index (χ0) is 23.8. The molecule has 6 heteroatoms. The summed E-state index contributed by atoms with van der Waals surface area (Å²) < 4.78 is 0. The summed E-state index contributed by atoms with van der Waals surface area (Å²) in [7, 11) is 0. The van der Waals surface area contributed by atoms with E-state index in [1.165, 1.54) is 16.8 Å². The Labute approximate surface area is 199 Å². The Bertz CT molecular complexity index is 1310. The Kier molecular flexibility index (Phi) is 5.75. The van der Waals surface area contributed by atoms with Crippen molar-refractivity contribution in [2.24, 2.45) is 0 Å². The van der Waals surface area contributed by atoms with E-state index in [-0.39, 0.29) is 24.0 Å². The van der Waals surface area contributed by atoms with Crippen molar-refractivity contribution >= 4 is 28.8 Å². The summed E-state index contributed by atoms with van der Waals surface area (Å²) in [6.07, 6.45) is 0. The van der Waals surface area contributed by atoms with Crippen LogP contribution in [0.4, 0.5) is 11.4 Å². The second-order valence-electron chi connectivity index (χ2n) is 8.99. The van der Waals surface area contributed by atoms with Gasteiger partial charge in [0.15, 0.2) is 11.6 Å². The van der Waals surface area contributed by atoms with E-state index in [1.807, 2.05) is 0 Å². The molecule has 1 amide bonds. The van der Waals surface area contributed by atoms with Gasteiger partial charge in [-0.1, -0.05) is 36.4 Å². The number of aryl methyl sites for hydroxylation is 1. The van der Waals surface area contributed by atoms with Crippen molar-refractivity contribution in [1.82, 2.24) is 4.90 Å². The fourth-order valence-electron chi connectivity index (χ4n) is 4.81. The first kappa shape index (κ1) is 22.0. The fourth-order valence-corrected chi connectivity index (χ4v) is 4.81. The van der Waals surface area contributed by atoms with Crippen molar-refractivity contribution in [2.75, 3.05) is 42.9 Å². The molecule has 5 rings (SSSR count). The van der Waals surface area contributed by atoms with Gasteiger partial charge < -0.3 is 10.2 Å². The number of carbonyl (C=O) groups is 3. The number of nitrogens with zero attached hydrogens (tertiary/aromatic N) is 2. The smallest absolute Gasteiger partial charge is 0.238 e. The molecule has 0 aromatic heterocycles. The molecule has 0 saturated carbocycles. The molecule has 172 valence electrons. The standard InChI is InChI=1S/C28H27N3O3/c1-18-6-5-9-25(19(18)2)31-14-12-30(13-15-31)17-26(32)29-20-10-11-23-24(16-20)28(34)22-8-4-3-7-21(22)27(23)33/h3-11,16H,12-15,17H2,1-2H3,(H,29,32). The number of hydrogen-bond acceptors (Lipinski definition) is 5. The number of fused-ring (bicyclic) bond motifs is 2. The van der Waals surface area contributed by atoms with Crippen LogP contribution in [0.15, 0.2) is 60.7 Å². The van der Waals surface area contributed by atoms with Crippen LogP contribution in [0.3, 0.4) is 0 Å². The zero-order valence-electron chi connectivity index (χ0n) is 19.4. The lowest BCUT2D eigenvalue weighted by Gasteiger charge is -2.36. The average molecular weight is 454 g/mol. The molecule has 1 saturated heterocycles. The predicted octanol–water partition coefficient (Wildman–Crippen LogP) is 3.84. The van der Waals surface area contributed by atoms with Gasteiger partial charge in [0.1, 0.15) is 0 Å². The third-order valence-corrected chi connectivity index (χ3v) is 6.87. The van der Waals surface area contributed by atoms with E-state index in [1.54, 1.807) is 42.5 Å². The summed E-state index contributed by atoms with van der Waals surface area (Å²) in [5.74, 6) is -0.483. The minimum Gasteiger partial charge on any atom is -0.369 e. The normalized spacial score (nSPS) is 15.6. The Morgan fingerprint density at radius 1 is 0.794 bits per heavy atom. The Hall–Kier alpha value is -3.77. The maximum absolute atomic E-state index is 12.9. The molecule has 0 atom stereocenters. The van der Waals surface area contributed by atoms with Crippen LogP contribution in [0, 0.1) is 13.8 Å². The highest BCUT2D eigenvalue weighted by molar-refractivity contribution is 6.28. The van der Waals surface area contributed by atoms with Crippen molar-refractivity contribution < 1.29 is 14.4 Å². The van der Waals surface area contributed by atoms with Crippen LogP contribution in [0.5, 0.6) is 0 Å². The van der Waals surface area contributed by atoms with Crippen molar-refractivity contribution in [3.63, 3.8) is 0 Å². The largest absolute Gasteiger partial charge is 0.369 e. The molecule has 0 unspecified atom stereocenters. The molecule has 1 aliphatic carbocycles. The molecule has 3 aromatic carbocycles. The van der Waals surface area contributed by atoms with Crippen molar-refractivity contribution in [2.45, 2.75) is 13.8 Å². The summed E-state index contributed by atoms with van der Waals surface area (Å²) >= 11 is 0. The monoisotopic (exact) mass is 453 g/mol. The van der Waals surface area contributed by atoms with E-state index in [4.69, 9.17) is 0 Å². The summed E-state index contributed by atoms with van der Waals surface area (Å²) in [5.41, 5.74) is 5.93. The second-order valence-corrected chi connectivity index (χ2v) is 8.99. The molecule has 1 aliphatic heterocycles. The van der Waals surface area contributed by atoms with Gasteiger partial charge in [0.05, 0.1) is 6.54 Å². The molecule has 0 bridgehead atoms. The molecule has 1 N–H and O–H groups in total. The number of nitrogens with one attached hydrogen (secondary N) is 1. The molecule has 3 aromatic rings. The second kappa shape index (κ2) is 8.88. The lowest BCUT2D eigenvalue weighted by molar-refractivity contribution is -0.117. The molecule has 1 fully saturated rings. The number of carbonyl (C=O) groups excluding carboxylic acids is 3. The van der Waals surface area contributed by atoms with Crippen LogP contribution in [0.25, 0.3) is 0 Å². The van der Waals surface area contributed by atoms with Crippen LogP contribution in [-0.4, -0.2) is 55.1 Å². The molecule has 0 radical (unpaired) electrons. The van der Waals surface area contributed by atoms with Gasteiger partial charge in [0, 0.05) is 59.8 Å². The number of piperazine rings is 1. The maximum atomic E-state index is 12.9. The molecular weight excluding hydrogens is 426 g/mol. The first-order valence-electron chi connectivity index (χ1n) is 11.6. The van der Waals surface area contributed by atoms with Crippen LogP contribution in [0.2, 0.25) is 0 Å². The van der Waals surface area contributed by atoms with E-state index in [0.29, 0.717) is 27.9 Å². The minimum atomic E-state index is -0.191. The zero-order valence-corrected chi connectivity index (χ0v) is 19.4. The van der Waals surface area contributed by atoms with E-state index >= 15 is 0 Å². The summed E-state index contributed by atoms with van der Waals surface area (Å²) in [4.78, 5) is 42.9. The molecular formula is C28H27N3O3. The topological polar surface area (TPSA) is 69.7 Å². The van der Waals surface area contributed by atoms with Gasteiger partial charge >= 0.3 is 0 Å². The molecule has 1 heterocycles. The van der Waals surface area contributed by atoms with Gasteiger partial charge in [-0.25, -0.2) is 0 Å². The van der Waals surface area contributed by atoms with Crippen LogP contribution in [0.1, 0.15) is 43.0 Å². The number of amides is 1. The van der Waals surface area contributed by atoms with Gasteiger partial charge in [-0.3, -0.25) is 19.3 Å². The summed E-state index contributed by atoms with van der Waals surface area (Å²) in [6.45, 7) is 7.90. The number of benzene rings is 3. The first-order valence-corrected chi connectivity index (χ1v) is 11.6. The molecule has 34 heavy (non-hydrogen) atoms. The predicted molar refractivity (Wildman–Crippen MR) is 133 cm³/mol. The van der Waals surface area contributed by atoms with Gasteiger partial charge in [-0.15, -0.1) is 0 Å². The highest BCUT2D eigenvalue weighted by Gasteiger charge is 2.29. The minimum absolute atomic E-state index is 0.130. The van der Waals surface area contributed by atoms with Crippen LogP contribution in [-0.2, 0) is 4.79 Å². The summed E-state index contributed by atoms with van der Waals surface area (Å²) in [5, 5.41) is 2.90. The average Bonchev–Trinajstić information content (AvgIpc) is 2.85. The van der Waals surface area contributed by atoms with Gasteiger partial charge in [0.25, 0.3) is 0 Å². The Morgan fingerprint density at radius 3 is 2.15 bits per heavy atom. The van der Waals surface area contributed by atoms with Gasteiger partial charge in [-0.2, -0.15) is 0 Å². The highest BCUT2D eigenvalue weighted by atomic mass is 16.2. The van der Waals surface area contributed by atoms with E-state index in [2.05, 4.69) is 47.2 Å². The van der Waals surface area contributed by atoms with E-state index in [9.17, 15) is 14.4 Å². The fraction of sp³-hybridized carbons (Fsp3) is 0.250.